The Balaban J connectivity index is 2.80. The van der Waals surface area contributed by atoms with Gasteiger partial charge >= 0.3 is 0 Å². The third kappa shape index (κ3) is 3.95. The zero-order valence-electron chi connectivity index (χ0n) is 13.9. The van der Waals surface area contributed by atoms with E-state index in [1.165, 1.54) is 25.7 Å². The second-order valence-electron chi connectivity index (χ2n) is 7.07. The standard InChI is InChI=1S/C17H35NO/c1-7-13(4)18(9-3)15-12-14(10-11-16(15)19)17(5,6)8-2/h13-16,19H,7-12H2,1-6H3. The van der Waals surface area contributed by atoms with Crippen LogP contribution in [0.1, 0.15) is 73.6 Å². The Morgan fingerprint density at radius 2 is 1.84 bits per heavy atom. The summed E-state index contributed by atoms with van der Waals surface area (Å²) in [6.45, 7) is 14.9. The van der Waals surface area contributed by atoms with Gasteiger partial charge in [0.15, 0.2) is 0 Å². The van der Waals surface area contributed by atoms with Gasteiger partial charge < -0.3 is 5.11 Å². The highest BCUT2D eigenvalue weighted by atomic mass is 16.3. The van der Waals surface area contributed by atoms with Gasteiger partial charge in [-0.25, -0.2) is 0 Å². The van der Waals surface area contributed by atoms with Gasteiger partial charge in [-0.05, 0) is 50.5 Å². The van der Waals surface area contributed by atoms with Crippen LogP contribution in [0.3, 0.4) is 0 Å². The van der Waals surface area contributed by atoms with Gasteiger partial charge in [-0.3, -0.25) is 4.90 Å². The van der Waals surface area contributed by atoms with E-state index in [0.717, 1.165) is 18.9 Å². The van der Waals surface area contributed by atoms with Crippen LogP contribution in [0.25, 0.3) is 0 Å². The van der Waals surface area contributed by atoms with Gasteiger partial charge in [0.25, 0.3) is 0 Å². The molecule has 1 fully saturated rings. The number of hydrogen-bond acceptors (Lipinski definition) is 2. The molecule has 2 heteroatoms. The molecule has 2 nitrogen and oxygen atoms in total. The minimum atomic E-state index is -0.127. The highest BCUT2D eigenvalue weighted by Crippen LogP contribution is 2.42. The molecule has 0 amide bonds. The lowest BCUT2D eigenvalue weighted by Gasteiger charge is -2.47. The quantitative estimate of drug-likeness (QED) is 0.785. The smallest absolute Gasteiger partial charge is 0.0695 e. The topological polar surface area (TPSA) is 23.5 Å². The molecule has 1 aliphatic rings. The van der Waals surface area contributed by atoms with Gasteiger partial charge in [-0.15, -0.1) is 0 Å². The molecule has 0 bridgehead atoms. The maximum Gasteiger partial charge on any atom is 0.0695 e. The summed E-state index contributed by atoms with van der Waals surface area (Å²) in [5.41, 5.74) is 0.410. The summed E-state index contributed by atoms with van der Waals surface area (Å²) in [5.74, 6) is 0.754. The lowest BCUT2D eigenvalue weighted by atomic mass is 9.67. The molecule has 1 aliphatic carbocycles. The molecule has 19 heavy (non-hydrogen) atoms. The number of aliphatic hydroxyl groups is 1. The third-order valence-electron chi connectivity index (χ3n) is 5.75. The predicted molar refractivity (Wildman–Crippen MR) is 83.3 cm³/mol. The van der Waals surface area contributed by atoms with Crippen molar-refractivity contribution in [2.24, 2.45) is 11.3 Å². The first kappa shape index (κ1) is 17.0. The number of rotatable bonds is 6. The average molecular weight is 269 g/mol. The lowest BCUT2D eigenvalue weighted by Crippen LogP contribution is -2.52. The van der Waals surface area contributed by atoms with Crippen LogP contribution in [0.15, 0.2) is 0 Å². The van der Waals surface area contributed by atoms with Crippen molar-refractivity contribution in [3.05, 3.63) is 0 Å². The normalized spacial score (nSPS) is 30.6. The van der Waals surface area contributed by atoms with E-state index < -0.39 is 0 Å². The molecule has 4 atom stereocenters. The van der Waals surface area contributed by atoms with Crippen molar-refractivity contribution in [3.63, 3.8) is 0 Å². The average Bonchev–Trinajstić information content (AvgIpc) is 2.41. The molecule has 1 rings (SSSR count). The first-order chi connectivity index (χ1) is 8.87. The van der Waals surface area contributed by atoms with Crippen LogP contribution in [0.2, 0.25) is 0 Å². The van der Waals surface area contributed by atoms with E-state index in [-0.39, 0.29) is 6.10 Å². The second-order valence-corrected chi connectivity index (χ2v) is 7.07. The molecule has 1 N–H and O–H groups in total. The molecular weight excluding hydrogens is 234 g/mol. The predicted octanol–water partition coefficient (Wildman–Crippen LogP) is 4.07. The van der Waals surface area contributed by atoms with Crippen LogP contribution in [0.5, 0.6) is 0 Å². The summed E-state index contributed by atoms with van der Waals surface area (Å²) in [7, 11) is 0. The van der Waals surface area contributed by atoms with Gasteiger partial charge in [0.2, 0.25) is 0 Å². The van der Waals surface area contributed by atoms with Gasteiger partial charge in [0.05, 0.1) is 6.10 Å². The van der Waals surface area contributed by atoms with Crippen molar-refractivity contribution < 1.29 is 5.11 Å². The fourth-order valence-corrected chi connectivity index (χ4v) is 3.59. The summed E-state index contributed by atoms with van der Waals surface area (Å²) in [6.07, 6.45) is 5.61. The van der Waals surface area contributed by atoms with Gasteiger partial charge in [-0.1, -0.05) is 41.0 Å². The van der Waals surface area contributed by atoms with Crippen molar-refractivity contribution in [3.8, 4) is 0 Å². The molecule has 0 radical (unpaired) electrons. The fraction of sp³-hybridized carbons (Fsp3) is 1.00. The van der Waals surface area contributed by atoms with Crippen LogP contribution in [-0.2, 0) is 0 Å². The Labute approximate surface area is 120 Å². The van der Waals surface area contributed by atoms with Crippen molar-refractivity contribution in [2.45, 2.75) is 91.8 Å². The number of likely N-dealkylation sites (N-methyl/N-ethyl adjacent to an activating group) is 1. The molecule has 0 heterocycles. The maximum atomic E-state index is 10.4. The molecule has 1 saturated carbocycles. The molecule has 0 aromatic rings. The molecule has 0 aromatic heterocycles. The van der Waals surface area contributed by atoms with Crippen LogP contribution < -0.4 is 0 Å². The minimum Gasteiger partial charge on any atom is -0.391 e. The van der Waals surface area contributed by atoms with Crippen LogP contribution >= 0.6 is 0 Å². The van der Waals surface area contributed by atoms with Gasteiger partial charge in [0, 0.05) is 12.1 Å². The largest absolute Gasteiger partial charge is 0.391 e. The van der Waals surface area contributed by atoms with E-state index >= 15 is 0 Å². The first-order valence-electron chi connectivity index (χ1n) is 8.31. The molecule has 0 aromatic carbocycles. The Bertz CT molecular complexity index is 264. The molecular formula is C17H35NO. The Morgan fingerprint density at radius 3 is 2.32 bits per heavy atom. The second kappa shape index (κ2) is 7.08. The van der Waals surface area contributed by atoms with E-state index in [1.54, 1.807) is 0 Å². The fourth-order valence-electron chi connectivity index (χ4n) is 3.59. The summed E-state index contributed by atoms with van der Waals surface area (Å²) >= 11 is 0. The van der Waals surface area contributed by atoms with Crippen molar-refractivity contribution >= 4 is 0 Å². The van der Waals surface area contributed by atoms with Crippen LogP contribution in [0, 0.1) is 11.3 Å². The molecule has 4 unspecified atom stereocenters. The van der Waals surface area contributed by atoms with E-state index in [2.05, 4.69) is 46.4 Å². The van der Waals surface area contributed by atoms with E-state index in [0.29, 0.717) is 17.5 Å². The maximum absolute atomic E-state index is 10.4. The molecule has 114 valence electrons. The Kier molecular flexibility index (Phi) is 6.32. The highest BCUT2D eigenvalue weighted by molar-refractivity contribution is 4.92. The summed E-state index contributed by atoms with van der Waals surface area (Å²) in [4.78, 5) is 2.53. The van der Waals surface area contributed by atoms with Crippen molar-refractivity contribution in [1.82, 2.24) is 4.90 Å². The number of nitrogens with zero attached hydrogens (tertiary/aromatic N) is 1. The third-order valence-corrected chi connectivity index (χ3v) is 5.75. The zero-order valence-corrected chi connectivity index (χ0v) is 13.9. The van der Waals surface area contributed by atoms with E-state index in [1.807, 2.05) is 0 Å². The van der Waals surface area contributed by atoms with Crippen molar-refractivity contribution in [1.29, 1.82) is 0 Å². The molecule has 0 aliphatic heterocycles. The molecule has 0 spiro atoms. The van der Waals surface area contributed by atoms with Crippen LogP contribution in [-0.4, -0.2) is 34.7 Å². The van der Waals surface area contributed by atoms with Crippen molar-refractivity contribution in [2.75, 3.05) is 6.54 Å². The molecule has 0 saturated heterocycles. The summed E-state index contributed by atoms with van der Waals surface area (Å²) in [6, 6.07) is 0.942. The minimum absolute atomic E-state index is 0.127. The highest BCUT2D eigenvalue weighted by Gasteiger charge is 2.39. The monoisotopic (exact) mass is 269 g/mol. The number of hydrogen-bond donors (Lipinski definition) is 1. The Morgan fingerprint density at radius 1 is 1.21 bits per heavy atom. The summed E-state index contributed by atoms with van der Waals surface area (Å²) < 4.78 is 0. The van der Waals surface area contributed by atoms with E-state index in [4.69, 9.17) is 0 Å². The van der Waals surface area contributed by atoms with Gasteiger partial charge in [-0.2, -0.15) is 0 Å². The van der Waals surface area contributed by atoms with Crippen LogP contribution in [0.4, 0.5) is 0 Å². The summed E-state index contributed by atoms with van der Waals surface area (Å²) in [5, 5.41) is 10.4. The van der Waals surface area contributed by atoms with Gasteiger partial charge in [0.1, 0.15) is 0 Å². The first-order valence-corrected chi connectivity index (χ1v) is 8.31. The van der Waals surface area contributed by atoms with E-state index in [9.17, 15) is 5.11 Å². The zero-order chi connectivity index (χ0) is 14.6. The lowest BCUT2D eigenvalue weighted by molar-refractivity contribution is -0.0327. The number of aliphatic hydroxyl groups excluding tert-OH is 1. The Hall–Kier alpha value is -0.0800. The SMILES string of the molecule is CCC(C)N(CC)C1CC(C(C)(C)CC)CCC1O.